The van der Waals surface area contributed by atoms with Crippen LogP contribution in [-0.2, 0) is 6.42 Å². The van der Waals surface area contributed by atoms with Crippen molar-refractivity contribution in [1.29, 1.82) is 0 Å². The van der Waals surface area contributed by atoms with E-state index < -0.39 is 11.5 Å². The van der Waals surface area contributed by atoms with Gasteiger partial charge in [-0.15, -0.1) is 0 Å². The number of amides is 1. The Balaban J connectivity index is 1.72. The molecule has 1 fully saturated rings. The first-order valence-electron chi connectivity index (χ1n) is 8.63. The number of hydrogen-bond donors (Lipinski definition) is 3. The predicted octanol–water partition coefficient (Wildman–Crippen LogP) is 1.33. The fraction of sp³-hybridized carbons (Fsp3) is 0.333. The van der Waals surface area contributed by atoms with Gasteiger partial charge in [-0.05, 0) is 0 Å². The zero-order valence-electron chi connectivity index (χ0n) is 14.4. The van der Waals surface area contributed by atoms with Crippen molar-refractivity contribution in [3.8, 4) is 0 Å². The fourth-order valence-corrected chi connectivity index (χ4v) is 7.03. The zero-order valence-corrected chi connectivity index (χ0v) is 17.7. The van der Waals surface area contributed by atoms with Gasteiger partial charge in [0.15, 0.2) is 0 Å². The maximum atomic E-state index is 12.2. The average Bonchev–Trinajstić information content (AvgIpc) is 3.02. The molecular weight excluding hydrogens is 481 g/mol. The number of nitrogens with one attached hydrogen (secondary N) is 2. The van der Waals surface area contributed by atoms with Crippen LogP contribution in [0.15, 0.2) is 31.9 Å². The summed E-state index contributed by atoms with van der Waals surface area (Å²) in [4.78, 5) is 26.2. The Kier molecular flexibility index (Phi) is 5.50. The predicted molar refractivity (Wildman–Crippen MR) is 107 cm³/mol. The van der Waals surface area contributed by atoms with Crippen LogP contribution in [0, 0.1) is 0 Å². The van der Waals surface area contributed by atoms with Crippen molar-refractivity contribution in [3.05, 3.63) is 43.1 Å². The topological polar surface area (TPSA) is 94.8 Å². The third kappa shape index (κ3) is 3.63. The molecule has 0 bridgehead atoms. The summed E-state index contributed by atoms with van der Waals surface area (Å²) in [6.07, 6.45) is 0.978. The molecule has 1 aliphatic heterocycles. The fourth-order valence-electron chi connectivity index (χ4n) is 3.32. The third-order valence-corrected chi connectivity index (χ3v) is 8.92. The number of fused-ring (bicyclic) bond motifs is 3. The van der Waals surface area contributed by atoms with Crippen LogP contribution >= 0.6 is 15.9 Å². The number of benzene rings is 1. The summed E-state index contributed by atoms with van der Waals surface area (Å²) < 4.78 is 8.94. The van der Waals surface area contributed by atoms with Crippen LogP contribution < -0.4 is 16.4 Å². The Hall–Kier alpha value is -1.48. The van der Waals surface area contributed by atoms with Crippen molar-refractivity contribution in [2.45, 2.75) is 6.42 Å². The third-order valence-electron chi connectivity index (χ3n) is 4.77. The van der Waals surface area contributed by atoms with Gasteiger partial charge in [0.25, 0.3) is 0 Å². The van der Waals surface area contributed by atoms with E-state index in [-0.39, 0.29) is 20.1 Å². The van der Waals surface area contributed by atoms with Gasteiger partial charge in [0.2, 0.25) is 0 Å². The zero-order chi connectivity index (χ0) is 19.0. The second-order valence-corrected chi connectivity index (χ2v) is 9.54. The molecule has 0 spiro atoms. The first-order chi connectivity index (χ1) is 13.1. The number of carbonyl (C=O) groups is 1. The van der Waals surface area contributed by atoms with Crippen LogP contribution in [0.5, 0.6) is 0 Å². The van der Waals surface area contributed by atoms with Crippen molar-refractivity contribution >= 4 is 57.0 Å². The van der Waals surface area contributed by atoms with Crippen LogP contribution in [-0.4, -0.2) is 63.2 Å². The Morgan fingerprint density at radius 3 is 2.89 bits per heavy atom. The van der Waals surface area contributed by atoms with Gasteiger partial charge in [-0.25, -0.2) is 0 Å². The van der Waals surface area contributed by atoms with Crippen LogP contribution in [0.2, 0.25) is 0 Å². The first-order valence-corrected chi connectivity index (χ1v) is 11.1. The van der Waals surface area contributed by atoms with Crippen LogP contribution in [0.4, 0.5) is 0 Å². The Bertz CT molecular complexity index is 1070. The van der Waals surface area contributed by atoms with Crippen LogP contribution in [0.1, 0.15) is 14.8 Å². The summed E-state index contributed by atoms with van der Waals surface area (Å²) in [5.41, 5.74) is 1.06. The SMILES string of the molecule is O=C(NO)c1cc2ccc3c(Br)c(CCN4CCNCC4)[se]c3c2oc1=O. The van der Waals surface area contributed by atoms with Gasteiger partial charge in [-0.2, -0.15) is 0 Å². The molecule has 27 heavy (non-hydrogen) atoms. The standard InChI is InChI=1S/C18H18BrN3O4Se/c19-14-11-2-1-10-9-12(17(23)21-25)18(24)26-15(10)16(11)27-13(14)3-6-22-7-4-20-5-8-22/h1-2,9,20,25H,3-8H2,(H,21,23). The Morgan fingerprint density at radius 2 is 2.15 bits per heavy atom. The Labute approximate surface area is 169 Å². The molecule has 1 saturated heterocycles. The molecule has 7 nitrogen and oxygen atoms in total. The van der Waals surface area contributed by atoms with E-state index >= 15 is 0 Å². The summed E-state index contributed by atoms with van der Waals surface area (Å²) in [7, 11) is 0. The quantitative estimate of drug-likeness (QED) is 0.217. The van der Waals surface area contributed by atoms with Crippen molar-refractivity contribution in [2.75, 3.05) is 32.7 Å². The summed E-state index contributed by atoms with van der Waals surface area (Å²) in [6.45, 7) is 5.22. The van der Waals surface area contributed by atoms with Gasteiger partial charge in [0.05, 0.1) is 0 Å². The summed E-state index contributed by atoms with van der Waals surface area (Å²) in [5.74, 6) is -0.868. The van der Waals surface area contributed by atoms with Gasteiger partial charge < -0.3 is 0 Å². The molecule has 0 radical (unpaired) electrons. The maximum absolute atomic E-state index is 12.2. The second-order valence-electron chi connectivity index (χ2n) is 6.43. The molecule has 4 rings (SSSR count). The van der Waals surface area contributed by atoms with E-state index in [9.17, 15) is 9.59 Å². The number of nitrogens with zero attached hydrogens (tertiary/aromatic N) is 1. The van der Waals surface area contributed by atoms with Crippen molar-refractivity contribution in [1.82, 2.24) is 15.7 Å². The molecule has 0 aliphatic carbocycles. The molecule has 2 aromatic heterocycles. The van der Waals surface area contributed by atoms with Gasteiger partial charge in [-0.1, -0.05) is 0 Å². The summed E-state index contributed by atoms with van der Waals surface area (Å²) in [5, 5.41) is 13.9. The summed E-state index contributed by atoms with van der Waals surface area (Å²) in [6, 6.07) is 5.29. The van der Waals surface area contributed by atoms with Gasteiger partial charge in [-0.3, -0.25) is 0 Å². The molecule has 142 valence electrons. The number of piperazine rings is 1. The minimum atomic E-state index is -0.868. The molecule has 3 N–H and O–H groups in total. The number of carbonyl (C=O) groups excluding carboxylic acids is 1. The normalized spacial score (nSPS) is 15.5. The number of hydroxylamine groups is 1. The number of halogens is 1. The molecule has 1 aliphatic rings. The van der Waals surface area contributed by atoms with Crippen molar-refractivity contribution in [3.63, 3.8) is 0 Å². The average molecular weight is 499 g/mol. The monoisotopic (exact) mass is 499 g/mol. The van der Waals surface area contributed by atoms with Gasteiger partial charge in [0, 0.05) is 0 Å². The number of rotatable bonds is 4. The van der Waals surface area contributed by atoms with E-state index in [1.807, 2.05) is 12.1 Å². The van der Waals surface area contributed by atoms with E-state index in [0.29, 0.717) is 11.0 Å². The summed E-state index contributed by atoms with van der Waals surface area (Å²) >= 11 is 3.78. The number of hydrogen-bond acceptors (Lipinski definition) is 6. The van der Waals surface area contributed by atoms with Crippen molar-refractivity contribution in [2.24, 2.45) is 0 Å². The van der Waals surface area contributed by atoms with E-state index in [1.54, 1.807) is 0 Å². The van der Waals surface area contributed by atoms with E-state index in [1.165, 1.54) is 16.0 Å². The first kappa shape index (κ1) is 18.9. The minimum absolute atomic E-state index is 0.0540. The molecule has 0 saturated carbocycles. The van der Waals surface area contributed by atoms with E-state index in [0.717, 1.165) is 53.3 Å². The molecule has 1 aromatic carbocycles. The van der Waals surface area contributed by atoms with Crippen molar-refractivity contribution < 1.29 is 14.4 Å². The molecule has 9 heteroatoms. The second kappa shape index (κ2) is 7.87. The van der Waals surface area contributed by atoms with Gasteiger partial charge >= 0.3 is 169 Å². The molecule has 3 aromatic rings. The van der Waals surface area contributed by atoms with E-state index in [4.69, 9.17) is 9.62 Å². The molecule has 3 heterocycles. The van der Waals surface area contributed by atoms with Crippen LogP contribution in [0.25, 0.3) is 20.6 Å². The van der Waals surface area contributed by atoms with Crippen LogP contribution in [0.3, 0.4) is 0 Å². The molecule has 0 atom stereocenters. The van der Waals surface area contributed by atoms with E-state index in [2.05, 4.69) is 26.1 Å². The molecular formula is C18H18BrN3O4Se. The molecule has 0 unspecified atom stereocenters. The Morgan fingerprint density at radius 1 is 1.37 bits per heavy atom. The van der Waals surface area contributed by atoms with Gasteiger partial charge in [0.1, 0.15) is 0 Å². The molecule has 1 amide bonds.